The molecule has 2 heterocycles. The molecule has 0 saturated carbocycles. The van der Waals surface area contributed by atoms with Crippen LogP contribution in [0.3, 0.4) is 0 Å². The second-order valence-electron chi connectivity index (χ2n) is 7.81. The minimum atomic E-state index is -0.103. The van der Waals surface area contributed by atoms with Crippen LogP contribution in [0.2, 0.25) is 0 Å². The number of nitrogens with zero attached hydrogens (tertiary/aromatic N) is 4. The van der Waals surface area contributed by atoms with Gasteiger partial charge in [-0.05, 0) is 81.3 Å². The Balaban J connectivity index is 1.12. The number of nitrogens with one attached hydrogen (secondary N) is 1. The molecule has 5 nitrogen and oxygen atoms in total. The number of hydrogen-bond donors (Lipinski definition) is 1. The molecule has 1 N–H and O–H groups in total. The Morgan fingerprint density at radius 1 is 1.27 bits per heavy atom. The number of hydrogen-bond acceptors (Lipinski definition) is 6. The number of thioether (sulfide) groups is 1. The third kappa shape index (κ3) is 4.92. The van der Waals surface area contributed by atoms with Crippen molar-refractivity contribution in [2.24, 2.45) is 7.05 Å². The monoisotopic (exact) mass is 445 g/mol. The Morgan fingerprint density at radius 3 is 2.97 bits per heavy atom. The predicted octanol–water partition coefficient (Wildman–Crippen LogP) is 4.97. The van der Waals surface area contributed by atoms with Gasteiger partial charge in [-0.15, -0.1) is 21.5 Å². The van der Waals surface area contributed by atoms with Gasteiger partial charge in [0.25, 0.3) is 0 Å². The number of fused-ring (bicyclic) bond motifs is 1. The fraction of sp³-hybridized carbons (Fsp3) is 0.500. The summed E-state index contributed by atoms with van der Waals surface area (Å²) in [6.07, 6.45) is 5.61. The van der Waals surface area contributed by atoms with Crippen LogP contribution in [0.5, 0.6) is 0 Å². The standard InChI is InChI=1S/C22H28FN5S2/c1-15-20(30-14-25-15)21-26-27-22(28(21)2)29-12-4-11-24-10-3-5-16-6-7-17-8-9-18(23)13-19(16)17/h8-9,13-14,16,24H,3-7,10-12H2,1-2H3. The van der Waals surface area contributed by atoms with Crippen molar-refractivity contribution in [2.45, 2.75) is 50.1 Å². The highest BCUT2D eigenvalue weighted by atomic mass is 32.2. The van der Waals surface area contributed by atoms with Gasteiger partial charge in [0, 0.05) is 12.8 Å². The van der Waals surface area contributed by atoms with E-state index in [4.69, 9.17) is 0 Å². The summed E-state index contributed by atoms with van der Waals surface area (Å²) in [6.45, 7) is 4.02. The molecule has 0 amide bonds. The molecule has 0 saturated heterocycles. The molecule has 1 atom stereocenters. The average molecular weight is 446 g/mol. The first-order valence-corrected chi connectivity index (χ1v) is 12.4. The van der Waals surface area contributed by atoms with Crippen LogP contribution in [-0.4, -0.2) is 38.6 Å². The van der Waals surface area contributed by atoms with Crippen molar-refractivity contribution in [3.8, 4) is 10.7 Å². The first-order valence-electron chi connectivity index (χ1n) is 10.5. The molecule has 3 aromatic rings. The summed E-state index contributed by atoms with van der Waals surface area (Å²) in [6, 6.07) is 5.29. The summed E-state index contributed by atoms with van der Waals surface area (Å²) in [4.78, 5) is 5.39. The molecule has 0 bridgehead atoms. The maximum Gasteiger partial charge on any atom is 0.191 e. The quantitative estimate of drug-likeness (QED) is 0.353. The fourth-order valence-electron chi connectivity index (χ4n) is 4.07. The van der Waals surface area contributed by atoms with Crippen molar-refractivity contribution >= 4 is 23.1 Å². The number of aryl methyl sites for hydroxylation is 2. The van der Waals surface area contributed by atoms with Crippen molar-refractivity contribution < 1.29 is 4.39 Å². The third-order valence-electron chi connectivity index (χ3n) is 5.73. The lowest BCUT2D eigenvalue weighted by Crippen LogP contribution is -2.17. The van der Waals surface area contributed by atoms with Crippen molar-refractivity contribution in [3.05, 3.63) is 46.3 Å². The Kier molecular flexibility index (Phi) is 7.17. The van der Waals surface area contributed by atoms with Gasteiger partial charge in [0.15, 0.2) is 11.0 Å². The lowest BCUT2D eigenvalue weighted by atomic mass is 9.96. The van der Waals surface area contributed by atoms with Crippen LogP contribution >= 0.6 is 23.1 Å². The summed E-state index contributed by atoms with van der Waals surface area (Å²) in [5.41, 5.74) is 5.43. The van der Waals surface area contributed by atoms with Crippen molar-refractivity contribution in [2.75, 3.05) is 18.8 Å². The van der Waals surface area contributed by atoms with E-state index in [1.807, 2.05) is 25.5 Å². The molecule has 2 aromatic heterocycles. The number of halogens is 1. The Labute approximate surface area is 185 Å². The normalized spacial score (nSPS) is 15.6. The van der Waals surface area contributed by atoms with Gasteiger partial charge in [0.2, 0.25) is 0 Å². The molecule has 1 aliphatic carbocycles. The van der Waals surface area contributed by atoms with E-state index in [1.165, 1.54) is 11.1 Å². The van der Waals surface area contributed by atoms with Gasteiger partial charge in [-0.2, -0.15) is 0 Å². The Hall–Kier alpha value is -1.77. The Morgan fingerprint density at radius 2 is 2.13 bits per heavy atom. The molecule has 1 aromatic carbocycles. The van der Waals surface area contributed by atoms with Crippen LogP contribution in [0, 0.1) is 12.7 Å². The van der Waals surface area contributed by atoms with Gasteiger partial charge in [0.1, 0.15) is 5.82 Å². The summed E-state index contributed by atoms with van der Waals surface area (Å²) in [5, 5.41) is 13.2. The maximum absolute atomic E-state index is 13.5. The number of benzene rings is 1. The number of thiazole rings is 1. The molecule has 1 aliphatic rings. The van der Waals surface area contributed by atoms with E-state index in [0.717, 1.165) is 72.5 Å². The molecular weight excluding hydrogens is 417 g/mol. The summed E-state index contributed by atoms with van der Waals surface area (Å²) in [5.74, 6) is 2.33. The first-order chi connectivity index (χ1) is 14.6. The zero-order chi connectivity index (χ0) is 20.9. The van der Waals surface area contributed by atoms with Crippen LogP contribution in [-0.2, 0) is 13.5 Å². The molecule has 0 fully saturated rings. The van der Waals surface area contributed by atoms with E-state index in [9.17, 15) is 4.39 Å². The summed E-state index contributed by atoms with van der Waals surface area (Å²) >= 11 is 3.35. The van der Waals surface area contributed by atoms with E-state index >= 15 is 0 Å². The van der Waals surface area contributed by atoms with E-state index in [2.05, 4.69) is 25.1 Å². The van der Waals surface area contributed by atoms with E-state index in [-0.39, 0.29) is 5.82 Å². The van der Waals surface area contributed by atoms with Crippen LogP contribution < -0.4 is 5.32 Å². The molecule has 1 unspecified atom stereocenters. The van der Waals surface area contributed by atoms with Gasteiger partial charge in [-0.3, -0.25) is 0 Å². The minimum Gasteiger partial charge on any atom is -0.317 e. The summed E-state index contributed by atoms with van der Waals surface area (Å²) < 4.78 is 15.6. The molecular formula is C22H28FN5S2. The zero-order valence-corrected chi connectivity index (χ0v) is 19.2. The molecule has 4 rings (SSSR count). The van der Waals surface area contributed by atoms with Crippen molar-refractivity contribution in [1.82, 2.24) is 25.1 Å². The molecule has 30 heavy (non-hydrogen) atoms. The van der Waals surface area contributed by atoms with Gasteiger partial charge in [0.05, 0.1) is 16.1 Å². The average Bonchev–Trinajstić information content (AvgIpc) is 3.43. The van der Waals surface area contributed by atoms with Gasteiger partial charge < -0.3 is 9.88 Å². The number of aromatic nitrogens is 4. The smallest absolute Gasteiger partial charge is 0.191 e. The summed E-state index contributed by atoms with van der Waals surface area (Å²) in [7, 11) is 2.02. The van der Waals surface area contributed by atoms with Crippen molar-refractivity contribution in [3.63, 3.8) is 0 Å². The minimum absolute atomic E-state index is 0.103. The molecule has 8 heteroatoms. The zero-order valence-electron chi connectivity index (χ0n) is 17.5. The van der Waals surface area contributed by atoms with Crippen molar-refractivity contribution in [1.29, 1.82) is 0 Å². The van der Waals surface area contributed by atoms with E-state index in [1.54, 1.807) is 35.2 Å². The second-order valence-corrected chi connectivity index (χ2v) is 9.72. The SMILES string of the molecule is Cc1ncsc1-c1nnc(SCCCNCCCC2CCc3ccc(F)cc32)n1C. The lowest BCUT2D eigenvalue weighted by molar-refractivity contribution is 0.549. The van der Waals surface area contributed by atoms with E-state index in [0.29, 0.717) is 5.92 Å². The number of rotatable bonds is 10. The largest absolute Gasteiger partial charge is 0.317 e. The molecule has 0 aliphatic heterocycles. The van der Waals surface area contributed by atoms with E-state index < -0.39 is 0 Å². The lowest BCUT2D eigenvalue weighted by Gasteiger charge is -2.12. The highest BCUT2D eigenvalue weighted by Crippen LogP contribution is 2.36. The van der Waals surface area contributed by atoms with Crippen LogP contribution in [0.15, 0.2) is 28.9 Å². The maximum atomic E-state index is 13.5. The highest BCUT2D eigenvalue weighted by molar-refractivity contribution is 7.99. The van der Waals surface area contributed by atoms with Crippen LogP contribution in [0.1, 0.15) is 48.4 Å². The topological polar surface area (TPSA) is 55.6 Å². The first kappa shape index (κ1) is 21.5. The Bertz CT molecular complexity index is 984. The van der Waals surface area contributed by atoms with Gasteiger partial charge in [-0.25, -0.2) is 9.37 Å². The fourth-order valence-corrected chi connectivity index (χ4v) is 5.75. The van der Waals surface area contributed by atoms with Gasteiger partial charge >= 0.3 is 0 Å². The van der Waals surface area contributed by atoms with Gasteiger partial charge in [-0.1, -0.05) is 17.8 Å². The molecule has 0 radical (unpaired) electrons. The van der Waals surface area contributed by atoms with Crippen LogP contribution in [0.4, 0.5) is 4.39 Å². The molecule has 160 valence electrons. The van der Waals surface area contributed by atoms with Crippen LogP contribution in [0.25, 0.3) is 10.7 Å². The third-order valence-corrected chi connectivity index (χ3v) is 7.76. The molecule has 0 spiro atoms. The highest BCUT2D eigenvalue weighted by Gasteiger charge is 2.22. The second kappa shape index (κ2) is 10.0. The predicted molar refractivity (Wildman–Crippen MR) is 122 cm³/mol.